The van der Waals surface area contributed by atoms with Crippen LogP contribution < -0.4 is 10.3 Å². The van der Waals surface area contributed by atoms with Crippen molar-refractivity contribution >= 4 is 29.4 Å². The van der Waals surface area contributed by atoms with E-state index in [4.69, 9.17) is 11.6 Å². The molecule has 4 nitrogen and oxygen atoms in total. The first-order chi connectivity index (χ1) is 10.1. The fraction of sp³-hybridized carbons (Fsp3) is 0.125. The molecule has 0 unspecified atom stereocenters. The summed E-state index contributed by atoms with van der Waals surface area (Å²) in [5.74, 6) is -0.261. The largest absolute Gasteiger partial charge is 0.378 e. The smallest absolute Gasteiger partial charge is 0.271 e. The van der Waals surface area contributed by atoms with Gasteiger partial charge in [-0.05, 0) is 30.3 Å². The molecule has 5 heteroatoms. The standard InChI is InChI=1S/C16H16ClN3O/c1-20(2)14-9-7-12(8-10-14)16(21)19-18-11-13-5-3-4-6-15(13)17/h3-11H,1-2H3,(H,19,21)/b18-11+. The van der Waals surface area contributed by atoms with Crippen molar-refractivity contribution in [3.8, 4) is 0 Å². The Labute approximate surface area is 129 Å². The third-order valence-electron chi connectivity index (χ3n) is 2.92. The second kappa shape index (κ2) is 6.90. The van der Waals surface area contributed by atoms with Crippen molar-refractivity contribution in [2.24, 2.45) is 5.10 Å². The summed E-state index contributed by atoms with van der Waals surface area (Å²) in [6.45, 7) is 0. The minimum absolute atomic E-state index is 0.261. The monoisotopic (exact) mass is 301 g/mol. The fourth-order valence-electron chi connectivity index (χ4n) is 1.72. The minimum Gasteiger partial charge on any atom is -0.378 e. The number of halogens is 1. The fourth-order valence-corrected chi connectivity index (χ4v) is 1.90. The Morgan fingerprint density at radius 3 is 2.43 bits per heavy atom. The number of nitrogens with zero attached hydrogens (tertiary/aromatic N) is 2. The maximum atomic E-state index is 11.9. The summed E-state index contributed by atoms with van der Waals surface area (Å²) >= 11 is 6.00. The Morgan fingerprint density at radius 1 is 1.14 bits per heavy atom. The van der Waals surface area contributed by atoms with Crippen molar-refractivity contribution < 1.29 is 4.79 Å². The van der Waals surface area contributed by atoms with Crippen LogP contribution in [-0.2, 0) is 0 Å². The molecular formula is C16H16ClN3O. The highest BCUT2D eigenvalue weighted by molar-refractivity contribution is 6.33. The van der Waals surface area contributed by atoms with Gasteiger partial charge in [-0.3, -0.25) is 4.79 Å². The lowest BCUT2D eigenvalue weighted by molar-refractivity contribution is 0.0955. The number of carbonyl (C=O) groups excluding carboxylic acids is 1. The van der Waals surface area contributed by atoms with Gasteiger partial charge in [-0.15, -0.1) is 0 Å². The number of anilines is 1. The van der Waals surface area contributed by atoms with Gasteiger partial charge in [-0.2, -0.15) is 5.10 Å². The van der Waals surface area contributed by atoms with E-state index in [0.29, 0.717) is 10.6 Å². The van der Waals surface area contributed by atoms with Crippen LogP contribution in [0.15, 0.2) is 53.6 Å². The molecule has 0 spiro atoms. The van der Waals surface area contributed by atoms with E-state index in [2.05, 4.69) is 10.5 Å². The van der Waals surface area contributed by atoms with Crippen LogP contribution in [0.2, 0.25) is 5.02 Å². The summed E-state index contributed by atoms with van der Waals surface area (Å²) in [6.07, 6.45) is 1.52. The van der Waals surface area contributed by atoms with Crippen LogP contribution in [-0.4, -0.2) is 26.2 Å². The maximum absolute atomic E-state index is 11.9. The molecule has 21 heavy (non-hydrogen) atoms. The first kappa shape index (κ1) is 15.1. The van der Waals surface area contributed by atoms with E-state index in [-0.39, 0.29) is 5.91 Å². The number of amides is 1. The average molecular weight is 302 g/mol. The van der Waals surface area contributed by atoms with E-state index >= 15 is 0 Å². The SMILES string of the molecule is CN(C)c1ccc(C(=O)N/N=C/c2ccccc2Cl)cc1. The maximum Gasteiger partial charge on any atom is 0.271 e. The summed E-state index contributed by atoms with van der Waals surface area (Å²) in [7, 11) is 3.89. The molecule has 0 bridgehead atoms. The van der Waals surface area contributed by atoms with Gasteiger partial charge in [-0.1, -0.05) is 29.8 Å². The summed E-state index contributed by atoms with van der Waals surface area (Å²) in [5.41, 5.74) is 4.82. The second-order valence-corrected chi connectivity index (χ2v) is 5.07. The van der Waals surface area contributed by atoms with Gasteiger partial charge in [0, 0.05) is 35.9 Å². The second-order valence-electron chi connectivity index (χ2n) is 4.66. The molecule has 108 valence electrons. The molecular weight excluding hydrogens is 286 g/mol. The summed E-state index contributed by atoms with van der Waals surface area (Å²) < 4.78 is 0. The molecule has 1 amide bonds. The van der Waals surface area contributed by atoms with Crippen LogP contribution in [0.1, 0.15) is 15.9 Å². The van der Waals surface area contributed by atoms with Crippen molar-refractivity contribution in [2.75, 3.05) is 19.0 Å². The first-order valence-corrected chi connectivity index (χ1v) is 6.81. The molecule has 0 aliphatic carbocycles. The van der Waals surface area contributed by atoms with E-state index in [1.165, 1.54) is 6.21 Å². The molecule has 0 saturated carbocycles. The number of hydrogen-bond acceptors (Lipinski definition) is 3. The molecule has 2 aromatic rings. The Morgan fingerprint density at radius 2 is 1.81 bits per heavy atom. The first-order valence-electron chi connectivity index (χ1n) is 6.43. The number of rotatable bonds is 4. The summed E-state index contributed by atoms with van der Waals surface area (Å²) in [4.78, 5) is 13.9. The predicted molar refractivity (Wildman–Crippen MR) is 87.3 cm³/mol. The van der Waals surface area contributed by atoms with E-state index < -0.39 is 0 Å². The van der Waals surface area contributed by atoms with Gasteiger partial charge >= 0.3 is 0 Å². The zero-order valence-electron chi connectivity index (χ0n) is 11.9. The van der Waals surface area contributed by atoms with E-state index in [1.807, 2.05) is 49.3 Å². The Bertz CT molecular complexity index is 651. The van der Waals surface area contributed by atoms with Crippen LogP contribution in [0, 0.1) is 0 Å². The molecule has 0 fully saturated rings. The zero-order valence-corrected chi connectivity index (χ0v) is 12.6. The van der Waals surface area contributed by atoms with Gasteiger partial charge in [-0.25, -0.2) is 5.43 Å². The number of hydrazone groups is 1. The van der Waals surface area contributed by atoms with Gasteiger partial charge in [0.15, 0.2) is 0 Å². The van der Waals surface area contributed by atoms with Gasteiger partial charge in [0.25, 0.3) is 5.91 Å². The lowest BCUT2D eigenvalue weighted by Crippen LogP contribution is -2.18. The van der Waals surface area contributed by atoms with Gasteiger partial charge in [0.2, 0.25) is 0 Å². The van der Waals surface area contributed by atoms with Gasteiger partial charge in [0.05, 0.1) is 6.21 Å². The van der Waals surface area contributed by atoms with Crippen molar-refractivity contribution in [3.05, 3.63) is 64.7 Å². The molecule has 1 N–H and O–H groups in total. The van der Waals surface area contributed by atoms with Gasteiger partial charge < -0.3 is 4.90 Å². The summed E-state index contributed by atoms with van der Waals surface area (Å²) in [5, 5.41) is 4.51. The van der Waals surface area contributed by atoms with Crippen molar-refractivity contribution in [3.63, 3.8) is 0 Å². The van der Waals surface area contributed by atoms with Crippen LogP contribution >= 0.6 is 11.6 Å². The van der Waals surface area contributed by atoms with Crippen LogP contribution in [0.25, 0.3) is 0 Å². The molecule has 0 aromatic heterocycles. The Hall–Kier alpha value is -2.33. The van der Waals surface area contributed by atoms with Crippen molar-refractivity contribution in [2.45, 2.75) is 0 Å². The molecule has 0 radical (unpaired) electrons. The normalized spacial score (nSPS) is 10.6. The van der Waals surface area contributed by atoms with Crippen LogP contribution in [0.3, 0.4) is 0 Å². The van der Waals surface area contributed by atoms with E-state index in [9.17, 15) is 4.79 Å². The lowest BCUT2D eigenvalue weighted by Gasteiger charge is -2.12. The number of carbonyl (C=O) groups is 1. The van der Waals surface area contributed by atoms with E-state index in [1.54, 1.807) is 18.2 Å². The molecule has 0 aliphatic heterocycles. The van der Waals surface area contributed by atoms with Crippen LogP contribution in [0.5, 0.6) is 0 Å². The third-order valence-corrected chi connectivity index (χ3v) is 3.27. The number of nitrogens with one attached hydrogen (secondary N) is 1. The molecule has 0 aliphatic rings. The number of benzene rings is 2. The quantitative estimate of drug-likeness (QED) is 0.696. The number of hydrogen-bond donors (Lipinski definition) is 1. The Balaban J connectivity index is 2.00. The molecule has 0 saturated heterocycles. The average Bonchev–Trinajstić information content (AvgIpc) is 2.49. The van der Waals surface area contributed by atoms with E-state index in [0.717, 1.165) is 11.3 Å². The summed E-state index contributed by atoms with van der Waals surface area (Å²) in [6, 6.07) is 14.6. The highest BCUT2D eigenvalue weighted by Gasteiger charge is 2.04. The van der Waals surface area contributed by atoms with Crippen molar-refractivity contribution in [1.82, 2.24) is 5.43 Å². The molecule has 0 heterocycles. The topological polar surface area (TPSA) is 44.7 Å². The third kappa shape index (κ3) is 4.07. The molecule has 2 aromatic carbocycles. The minimum atomic E-state index is -0.261. The highest BCUT2D eigenvalue weighted by Crippen LogP contribution is 2.13. The van der Waals surface area contributed by atoms with Crippen LogP contribution in [0.4, 0.5) is 5.69 Å². The zero-order chi connectivity index (χ0) is 15.2. The predicted octanol–water partition coefficient (Wildman–Crippen LogP) is 3.17. The highest BCUT2D eigenvalue weighted by atomic mass is 35.5. The Kier molecular flexibility index (Phi) is 4.95. The molecule has 0 atom stereocenters. The lowest BCUT2D eigenvalue weighted by atomic mass is 10.2. The molecule has 2 rings (SSSR count). The van der Waals surface area contributed by atoms with Gasteiger partial charge in [0.1, 0.15) is 0 Å². The van der Waals surface area contributed by atoms with Crippen molar-refractivity contribution in [1.29, 1.82) is 0 Å².